The molecule has 0 aromatic heterocycles. The molecule has 1 aromatic rings. The van der Waals surface area contributed by atoms with Gasteiger partial charge in [0.1, 0.15) is 0 Å². The molecule has 0 aliphatic carbocycles. The Hall–Kier alpha value is -1.35. The largest absolute Gasteiger partial charge is 0.376 e. The molecule has 1 amide bonds. The third-order valence-electron chi connectivity index (χ3n) is 3.17. The van der Waals surface area contributed by atoms with Crippen molar-refractivity contribution in [1.29, 1.82) is 0 Å². The molecule has 1 aliphatic rings. The first-order chi connectivity index (χ1) is 7.70. The van der Waals surface area contributed by atoms with E-state index in [0.29, 0.717) is 0 Å². The minimum Gasteiger partial charge on any atom is -0.376 e. The van der Waals surface area contributed by atoms with E-state index in [1.807, 2.05) is 44.3 Å². The van der Waals surface area contributed by atoms with Crippen LogP contribution >= 0.6 is 0 Å². The monoisotopic (exact) mass is 219 g/mol. The Labute approximate surface area is 96.0 Å². The SMILES string of the molecule is CC1OCCC1N(C)C(=O)c1ccccc1. The third kappa shape index (κ3) is 2.09. The second-order valence-corrected chi connectivity index (χ2v) is 4.21. The molecule has 0 spiro atoms. The number of nitrogens with zero attached hydrogens (tertiary/aromatic N) is 1. The molecular formula is C13H17NO2. The van der Waals surface area contributed by atoms with Crippen molar-refractivity contribution in [3.63, 3.8) is 0 Å². The molecular weight excluding hydrogens is 202 g/mol. The number of likely N-dealkylation sites (N-methyl/N-ethyl adjacent to an activating group) is 1. The van der Waals surface area contributed by atoms with E-state index in [9.17, 15) is 4.79 Å². The van der Waals surface area contributed by atoms with Crippen molar-refractivity contribution in [3.8, 4) is 0 Å². The van der Waals surface area contributed by atoms with E-state index in [2.05, 4.69) is 0 Å². The molecule has 3 heteroatoms. The number of carbonyl (C=O) groups excluding carboxylic acids is 1. The molecule has 1 aromatic carbocycles. The van der Waals surface area contributed by atoms with Crippen LogP contribution in [0.25, 0.3) is 0 Å². The fraction of sp³-hybridized carbons (Fsp3) is 0.462. The van der Waals surface area contributed by atoms with Gasteiger partial charge in [-0.15, -0.1) is 0 Å². The normalized spacial score (nSPS) is 24.4. The summed E-state index contributed by atoms with van der Waals surface area (Å²) in [5, 5.41) is 0. The molecule has 0 bridgehead atoms. The Bertz CT molecular complexity index is 363. The van der Waals surface area contributed by atoms with Gasteiger partial charge >= 0.3 is 0 Å². The number of hydrogen-bond donors (Lipinski definition) is 0. The predicted molar refractivity (Wildman–Crippen MR) is 62.4 cm³/mol. The lowest BCUT2D eigenvalue weighted by molar-refractivity contribution is 0.0574. The highest BCUT2D eigenvalue weighted by Gasteiger charge is 2.30. The minimum absolute atomic E-state index is 0.0722. The van der Waals surface area contributed by atoms with Gasteiger partial charge in [0.15, 0.2) is 0 Å². The molecule has 0 saturated carbocycles. The summed E-state index contributed by atoms with van der Waals surface area (Å²) in [5.41, 5.74) is 0.740. The highest BCUT2D eigenvalue weighted by molar-refractivity contribution is 5.94. The topological polar surface area (TPSA) is 29.5 Å². The van der Waals surface area contributed by atoms with Gasteiger partial charge in [0, 0.05) is 19.2 Å². The van der Waals surface area contributed by atoms with Gasteiger partial charge in [-0.25, -0.2) is 0 Å². The molecule has 1 fully saturated rings. The summed E-state index contributed by atoms with van der Waals surface area (Å²) in [4.78, 5) is 13.9. The summed E-state index contributed by atoms with van der Waals surface area (Å²) in [6.45, 7) is 2.77. The van der Waals surface area contributed by atoms with Gasteiger partial charge in [-0.3, -0.25) is 4.79 Å². The first kappa shape index (κ1) is 11.1. The Morgan fingerprint density at radius 2 is 2.06 bits per heavy atom. The molecule has 2 unspecified atom stereocenters. The summed E-state index contributed by atoms with van der Waals surface area (Å²) >= 11 is 0. The van der Waals surface area contributed by atoms with Crippen LogP contribution in [0.5, 0.6) is 0 Å². The molecule has 1 saturated heterocycles. The zero-order chi connectivity index (χ0) is 11.5. The second kappa shape index (κ2) is 4.66. The molecule has 2 rings (SSSR count). The van der Waals surface area contributed by atoms with E-state index >= 15 is 0 Å². The Balaban J connectivity index is 2.10. The van der Waals surface area contributed by atoms with E-state index < -0.39 is 0 Å². The van der Waals surface area contributed by atoms with Crippen LogP contribution in [0, 0.1) is 0 Å². The number of ether oxygens (including phenoxy) is 1. The van der Waals surface area contributed by atoms with E-state index in [-0.39, 0.29) is 18.1 Å². The third-order valence-corrected chi connectivity index (χ3v) is 3.17. The molecule has 3 nitrogen and oxygen atoms in total. The maximum atomic E-state index is 12.1. The van der Waals surface area contributed by atoms with Crippen molar-refractivity contribution in [2.45, 2.75) is 25.5 Å². The maximum Gasteiger partial charge on any atom is 0.253 e. The standard InChI is InChI=1S/C13H17NO2/c1-10-12(8-9-16-10)14(2)13(15)11-6-4-3-5-7-11/h3-7,10,12H,8-9H2,1-2H3. The molecule has 86 valence electrons. The van der Waals surface area contributed by atoms with Crippen LogP contribution in [0.1, 0.15) is 23.7 Å². The minimum atomic E-state index is 0.0722. The van der Waals surface area contributed by atoms with Crippen molar-refractivity contribution in [3.05, 3.63) is 35.9 Å². The van der Waals surface area contributed by atoms with Crippen LogP contribution in [-0.4, -0.2) is 36.6 Å². The van der Waals surface area contributed by atoms with Crippen LogP contribution in [0.2, 0.25) is 0 Å². The Kier molecular flexibility index (Phi) is 3.25. The van der Waals surface area contributed by atoms with Gasteiger partial charge in [-0.05, 0) is 25.5 Å². The molecule has 1 aliphatic heterocycles. The average Bonchev–Trinajstić information content (AvgIpc) is 2.75. The zero-order valence-electron chi connectivity index (χ0n) is 9.72. The average molecular weight is 219 g/mol. The van der Waals surface area contributed by atoms with Gasteiger partial charge in [-0.1, -0.05) is 18.2 Å². The molecule has 1 heterocycles. The zero-order valence-corrected chi connectivity index (χ0v) is 9.72. The second-order valence-electron chi connectivity index (χ2n) is 4.21. The first-order valence-corrected chi connectivity index (χ1v) is 5.64. The first-order valence-electron chi connectivity index (χ1n) is 5.64. The summed E-state index contributed by atoms with van der Waals surface area (Å²) < 4.78 is 5.48. The van der Waals surface area contributed by atoms with Crippen molar-refractivity contribution < 1.29 is 9.53 Å². The summed E-state index contributed by atoms with van der Waals surface area (Å²) in [5.74, 6) is 0.0722. The quantitative estimate of drug-likeness (QED) is 0.760. The van der Waals surface area contributed by atoms with Crippen LogP contribution in [-0.2, 0) is 4.74 Å². The predicted octanol–water partition coefficient (Wildman–Crippen LogP) is 1.94. The molecule has 16 heavy (non-hydrogen) atoms. The number of carbonyl (C=O) groups is 1. The van der Waals surface area contributed by atoms with Crippen LogP contribution < -0.4 is 0 Å². The molecule has 0 N–H and O–H groups in total. The Morgan fingerprint density at radius 3 is 2.62 bits per heavy atom. The van der Waals surface area contributed by atoms with Crippen LogP contribution in [0.4, 0.5) is 0 Å². The fourth-order valence-corrected chi connectivity index (χ4v) is 2.16. The van der Waals surface area contributed by atoms with Gasteiger partial charge in [0.05, 0.1) is 12.1 Å². The van der Waals surface area contributed by atoms with E-state index in [1.54, 1.807) is 4.90 Å². The van der Waals surface area contributed by atoms with E-state index in [4.69, 9.17) is 4.74 Å². The summed E-state index contributed by atoms with van der Waals surface area (Å²) in [6.07, 6.45) is 1.06. The Morgan fingerprint density at radius 1 is 1.38 bits per heavy atom. The van der Waals surface area contributed by atoms with Crippen molar-refractivity contribution in [1.82, 2.24) is 4.90 Å². The highest BCUT2D eigenvalue weighted by atomic mass is 16.5. The highest BCUT2D eigenvalue weighted by Crippen LogP contribution is 2.19. The van der Waals surface area contributed by atoms with Gasteiger partial charge < -0.3 is 9.64 Å². The van der Waals surface area contributed by atoms with E-state index in [0.717, 1.165) is 18.6 Å². The van der Waals surface area contributed by atoms with Crippen molar-refractivity contribution >= 4 is 5.91 Å². The number of hydrogen-bond acceptors (Lipinski definition) is 2. The lowest BCUT2D eigenvalue weighted by Gasteiger charge is -2.26. The molecule has 0 radical (unpaired) electrons. The summed E-state index contributed by atoms with van der Waals surface area (Å²) in [7, 11) is 1.85. The van der Waals surface area contributed by atoms with E-state index in [1.165, 1.54) is 0 Å². The number of rotatable bonds is 2. The fourth-order valence-electron chi connectivity index (χ4n) is 2.16. The maximum absolute atomic E-state index is 12.1. The molecule has 2 atom stereocenters. The van der Waals surface area contributed by atoms with Gasteiger partial charge in [-0.2, -0.15) is 0 Å². The van der Waals surface area contributed by atoms with Gasteiger partial charge in [0.25, 0.3) is 5.91 Å². The smallest absolute Gasteiger partial charge is 0.253 e. The lowest BCUT2D eigenvalue weighted by atomic mass is 10.1. The number of amides is 1. The lowest BCUT2D eigenvalue weighted by Crippen LogP contribution is -2.40. The summed E-state index contributed by atoms with van der Waals surface area (Å²) in [6, 6.07) is 9.58. The van der Waals surface area contributed by atoms with Gasteiger partial charge in [0.2, 0.25) is 0 Å². The number of benzene rings is 1. The van der Waals surface area contributed by atoms with Crippen molar-refractivity contribution in [2.24, 2.45) is 0 Å². The van der Waals surface area contributed by atoms with Crippen LogP contribution in [0.3, 0.4) is 0 Å². The van der Waals surface area contributed by atoms with Crippen molar-refractivity contribution in [2.75, 3.05) is 13.7 Å². The van der Waals surface area contributed by atoms with Crippen LogP contribution in [0.15, 0.2) is 30.3 Å².